The van der Waals surface area contributed by atoms with E-state index in [0.717, 1.165) is 10.2 Å². The van der Waals surface area contributed by atoms with Gasteiger partial charge in [0, 0.05) is 22.4 Å². The van der Waals surface area contributed by atoms with Crippen LogP contribution in [0.25, 0.3) is 5.69 Å². The van der Waals surface area contributed by atoms with Crippen LogP contribution in [0.15, 0.2) is 51.9 Å². The molecular formula is C11H8BrNO2. The minimum absolute atomic E-state index is 0.0220. The van der Waals surface area contributed by atoms with Crippen molar-refractivity contribution in [2.24, 2.45) is 0 Å². The van der Waals surface area contributed by atoms with Gasteiger partial charge in [0.2, 0.25) is 0 Å². The number of aromatic nitrogens is 1. The summed E-state index contributed by atoms with van der Waals surface area (Å²) in [6, 6.07) is 10.0. The molecule has 0 saturated carbocycles. The van der Waals surface area contributed by atoms with Crippen LogP contribution in [0.2, 0.25) is 0 Å². The number of pyridine rings is 1. The van der Waals surface area contributed by atoms with E-state index in [1.807, 2.05) is 24.3 Å². The molecule has 0 atom stereocenters. The van der Waals surface area contributed by atoms with E-state index in [9.17, 15) is 4.79 Å². The standard InChI is InChI=1S/C11H8BrNO2/c12-8-2-1-3-9(6-8)13-5-4-10(14)7-11(13)15/h1-7,14H. The molecule has 76 valence electrons. The fourth-order valence-corrected chi connectivity index (χ4v) is 1.69. The minimum atomic E-state index is -0.256. The number of hydrogen-bond donors (Lipinski definition) is 1. The summed E-state index contributed by atoms with van der Waals surface area (Å²) in [5.41, 5.74) is 0.502. The molecule has 2 aromatic rings. The van der Waals surface area contributed by atoms with Crippen LogP contribution < -0.4 is 5.56 Å². The maximum atomic E-state index is 11.5. The third-order valence-electron chi connectivity index (χ3n) is 1.99. The van der Waals surface area contributed by atoms with Gasteiger partial charge in [-0.25, -0.2) is 0 Å². The normalized spacial score (nSPS) is 10.2. The van der Waals surface area contributed by atoms with Gasteiger partial charge in [-0.15, -0.1) is 0 Å². The molecule has 1 aromatic heterocycles. The lowest BCUT2D eigenvalue weighted by Gasteiger charge is -2.05. The molecular weight excluding hydrogens is 258 g/mol. The molecule has 0 fully saturated rings. The lowest BCUT2D eigenvalue weighted by Crippen LogP contribution is -2.15. The van der Waals surface area contributed by atoms with Crippen molar-refractivity contribution >= 4 is 15.9 Å². The largest absolute Gasteiger partial charge is 0.508 e. The van der Waals surface area contributed by atoms with Gasteiger partial charge in [-0.1, -0.05) is 22.0 Å². The summed E-state index contributed by atoms with van der Waals surface area (Å²) in [5, 5.41) is 9.12. The quantitative estimate of drug-likeness (QED) is 0.860. The minimum Gasteiger partial charge on any atom is -0.508 e. The van der Waals surface area contributed by atoms with Crippen molar-refractivity contribution in [3.8, 4) is 11.4 Å². The molecule has 0 radical (unpaired) electrons. The van der Waals surface area contributed by atoms with E-state index >= 15 is 0 Å². The lowest BCUT2D eigenvalue weighted by atomic mass is 10.3. The molecule has 1 heterocycles. The van der Waals surface area contributed by atoms with Crippen molar-refractivity contribution in [1.82, 2.24) is 4.57 Å². The van der Waals surface area contributed by atoms with Crippen LogP contribution in [-0.4, -0.2) is 9.67 Å². The Morgan fingerprint density at radius 3 is 2.67 bits per heavy atom. The Balaban J connectivity index is 2.59. The molecule has 1 aromatic carbocycles. The van der Waals surface area contributed by atoms with Gasteiger partial charge in [0.25, 0.3) is 5.56 Å². The second-order valence-electron chi connectivity index (χ2n) is 3.07. The van der Waals surface area contributed by atoms with Gasteiger partial charge in [-0.05, 0) is 24.3 Å². The van der Waals surface area contributed by atoms with Crippen molar-refractivity contribution in [1.29, 1.82) is 0 Å². The number of halogens is 1. The summed E-state index contributed by atoms with van der Waals surface area (Å²) in [7, 11) is 0. The number of nitrogens with zero attached hydrogens (tertiary/aromatic N) is 1. The van der Waals surface area contributed by atoms with Crippen molar-refractivity contribution in [3.05, 3.63) is 57.4 Å². The van der Waals surface area contributed by atoms with Crippen LogP contribution in [0.1, 0.15) is 0 Å². The first-order valence-corrected chi connectivity index (χ1v) is 5.14. The summed E-state index contributed by atoms with van der Waals surface area (Å²) < 4.78 is 2.37. The van der Waals surface area contributed by atoms with Crippen LogP contribution in [0.3, 0.4) is 0 Å². The first kappa shape index (κ1) is 9.98. The Morgan fingerprint density at radius 2 is 2.00 bits per heavy atom. The predicted molar refractivity (Wildman–Crippen MR) is 61.4 cm³/mol. The molecule has 0 spiro atoms. The molecule has 1 N–H and O–H groups in total. The topological polar surface area (TPSA) is 42.2 Å². The van der Waals surface area contributed by atoms with Crippen LogP contribution in [0.5, 0.6) is 5.75 Å². The SMILES string of the molecule is O=c1cc(O)ccn1-c1cccc(Br)c1. The highest BCUT2D eigenvalue weighted by Gasteiger charge is 2.00. The van der Waals surface area contributed by atoms with Gasteiger partial charge in [-0.2, -0.15) is 0 Å². The van der Waals surface area contributed by atoms with Gasteiger partial charge >= 0.3 is 0 Å². The molecule has 3 nitrogen and oxygen atoms in total. The zero-order valence-electron chi connectivity index (χ0n) is 7.72. The molecule has 4 heteroatoms. The number of aromatic hydroxyl groups is 1. The third-order valence-corrected chi connectivity index (χ3v) is 2.48. The number of hydrogen-bond acceptors (Lipinski definition) is 2. The average Bonchev–Trinajstić information content (AvgIpc) is 2.17. The Morgan fingerprint density at radius 1 is 1.20 bits per heavy atom. The first-order valence-electron chi connectivity index (χ1n) is 4.34. The highest BCUT2D eigenvalue weighted by Crippen LogP contribution is 2.14. The third kappa shape index (κ3) is 2.10. The molecule has 15 heavy (non-hydrogen) atoms. The maximum Gasteiger partial charge on any atom is 0.258 e. The Kier molecular flexibility index (Phi) is 2.60. The summed E-state index contributed by atoms with van der Waals surface area (Å²) in [4.78, 5) is 11.5. The molecule has 2 rings (SSSR count). The van der Waals surface area contributed by atoms with E-state index in [2.05, 4.69) is 15.9 Å². The lowest BCUT2D eigenvalue weighted by molar-refractivity contribution is 0.473. The van der Waals surface area contributed by atoms with Gasteiger partial charge in [0.1, 0.15) is 5.75 Å². The maximum absolute atomic E-state index is 11.5. The van der Waals surface area contributed by atoms with Crippen LogP contribution in [0.4, 0.5) is 0 Å². The molecule has 0 amide bonds. The first-order chi connectivity index (χ1) is 7.16. The zero-order chi connectivity index (χ0) is 10.8. The Hall–Kier alpha value is -1.55. The van der Waals surface area contributed by atoms with Crippen LogP contribution in [0, 0.1) is 0 Å². The Labute approximate surface area is 94.7 Å². The van der Waals surface area contributed by atoms with Crippen molar-refractivity contribution in [3.63, 3.8) is 0 Å². The summed E-state index contributed by atoms with van der Waals surface area (Å²) in [5.74, 6) is -0.0220. The molecule has 0 aliphatic heterocycles. The number of benzene rings is 1. The van der Waals surface area contributed by atoms with Crippen molar-refractivity contribution < 1.29 is 5.11 Å². The molecule has 0 saturated heterocycles. The Bertz CT molecular complexity index is 548. The van der Waals surface area contributed by atoms with Gasteiger partial charge in [-0.3, -0.25) is 9.36 Å². The summed E-state index contributed by atoms with van der Waals surface area (Å²) in [6.45, 7) is 0. The molecule has 0 unspecified atom stereocenters. The number of rotatable bonds is 1. The van der Waals surface area contributed by atoms with E-state index in [0.29, 0.717) is 0 Å². The average molecular weight is 266 g/mol. The fourth-order valence-electron chi connectivity index (χ4n) is 1.31. The second-order valence-corrected chi connectivity index (χ2v) is 3.99. The van der Waals surface area contributed by atoms with Crippen LogP contribution >= 0.6 is 15.9 Å². The summed E-state index contributed by atoms with van der Waals surface area (Å²) in [6.07, 6.45) is 1.54. The van der Waals surface area contributed by atoms with E-state index in [-0.39, 0.29) is 11.3 Å². The van der Waals surface area contributed by atoms with E-state index in [1.165, 1.54) is 16.7 Å². The molecule has 0 aliphatic rings. The zero-order valence-corrected chi connectivity index (χ0v) is 9.31. The van der Waals surface area contributed by atoms with Crippen LogP contribution in [-0.2, 0) is 0 Å². The van der Waals surface area contributed by atoms with Crippen molar-refractivity contribution in [2.45, 2.75) is 0 Å². The van der Waals surface area contributed by atoms with Gasteiger partial charge in [0.05, 0.1) is 0 Å². The smallest absolute Gasteiger partial charge is 0.258 e. The molecule has 0 bridgehead atoms. The summed E-state index contributed by atoms with van der Waals surface area (Å²) >= 11 is 3.33. The van der Waals surface area contributed by atoms with E-state index in [4.69, 9.17) is 5.11 Å². The van der Waals surface area contributed by atoms with Crippen molar-refractivity contribution in [2.75, 3.05) is 0 Å². The monoisotopic (exact) mass is 265 g/mol. The fraction of sp³-hybridized carbons (Fsp3) is 0. The van der Waals surface area contributed by atoms with E-state index < -0.39 is 0 Å². The van der Waals surface area contributed by atoms with E-state index in [1.54, 1.807) is 6.20 Å². The predicted octanol–water partition coefficient (Wildman–Crippen LogP) is 2.31. The highest BCUT2D eigenvalue weighted by atomic mass is 79.9. The highest BCUT2D eigenvalue weighted by molar-refractivity contribution is 9.10. The van der Waals surface area contributed by atoms with Gasteiger partial charge in [0.15, 0.2) is 0 Å². The second kappa shape index (κ2) is 3.90. The van der Waals surface area contributed by atoms with Gasteiger partial charge < -0.3 is 5.11 Å². The molecule has 0 aliphatic carbocycles.